The van der Waals surface area contributed by atoms with Crippen LogP contribution in [0.15, 0.2) is 42.6 Å². The number of amides is 2. The Morgan fingerprint density at radius 1 is 1.36 bits per heavy atom. The van der Waals surface area contributed by atoms with Gasteiger partial charge in [0, 0.05) is 18.0 Å². The summed E-state index contributed by atoms with van der Waals surface area (Å²) in [6, 6.07) is 9.56. The number of phenols is 1. The summed E-state index contributed by atoms with van der Waals surface area (Å²) in [4.78, 5) is 29.4. The third kappa shape index (κ3) is 2.83. The van der Waals surface area contributed by atoms with E-state index in [1.54, 1.807) is 24.3 Å². The van der Waals surface area contributed by atoms with Crippen LogP contribution in [0.5, 0.6) is 11.5 Å². The summed E-state index contributed by atoms with van der Waals surface area (Å²) >= 11 is 0. The molecule has 0 bridgehead atoms. The molecule has 2 amide bonds. The molecular weight excluding hydrogens is 286 g/mol. The molecule has 7 nitrogen and oxygen atoms in total. The molecule has 3 rings (SSSR count). The molecule has 2 N–H and O–H groups in total. The van der Waals surface area contributed by atoms with Crippen molar-refractivity contribution in [3.8, 4) is 11.5 Å². The van der Waals surface area contributed by atoms with Crippen LogP contribution in [0.4, 0.5) is 11.5 Å². The summed E-state index contributed by atoms with van der Waals surface area (Å²) in [6.45, 7) is -0.306. The number of nitrogens with zero attached hydrogens (tertiary/aromatic N) is 2. The average Bonchev–Trinajstić information content (AvgIpc) is 2.50. The van der Waals surface area contributed by atoms with Gasteiger partial charge in [-0.15, -0.1) is 0 Å². The van der Waals surface area contributed by atoms with E-state index in [1.807, 2.05) is 0 Å². The zero-order chi connectivity index (χ0) is 15.5. The van der Waals surface area contributed by atoms with Crippen LogP contribution in [0.2, 0.25) is 0 Å². The van der Waals surface area contributed by atoms with Gasteiger partial charge in [0.05, 0.1) is 0 Å². The minimum atomic E-state index is -0.391. The lowest BCUT2D eigenvalue weighted by atomic mass is 10.3. The van der Waals surface area contributed by atoms with Crippen molar-refractivity contribution in [1.82, 2.24) is 4.98 Å². The van der Waals surface area contributed by atoms with Crippen LogP contribution >= 0.6 is 0 Å². The Labute approximate surface area is 126 Å². The van der Waals surface area contributed by atoms with E-state index >= 15 is 0 Å². The molecule has 0 saturated carbocycles. The number of hydrogen-bond acceptors (Lipinski definition) is 5. The Balaban J connectivity index is 1.75. The molecule has 0 unspecified atom stereocenters. The molecule has 0 saturated heterocycles. The molecule has 0 radical (unpaired) electrons. The van der Waals surface area contributed by atoms with E-state index in [9.17, 15) is 14.7 Å². The lowest BCUT2D eigenvalue weighted by Gasteiger charge is -2.27. The molecule has 0 atom stereocenters. The van der Waals surface area contributed by atoms with Gasteiger partial charge in [0.2, 0.25) is 5.91 Å². The van der Waals surface area contributed by atoms with Gasteiger partial charge in [-0.05, 0) is 24.3 Å². The Kier molecular flexibility index (Phi) is 3.61. The molecule has 1 aliphatic heterocycles. The molecule has 2 heterocycles. The topological polar surface area (TPSA) is 91.8 Å². The van der Waals surface area contributed by atoms with E-state index in [1.165, 1.54) is 23.2 Å². The number of fused-ring (bicyclic) bond motifs is 1. The van der Waals surface area contributed by atoms with Gasteiger partial charge in [-0.2, -0.15) is 0 Å². The van der Waals surface area contributed by atoms with Crippen LogP contribution in [-0.4, -0.2) is 35.1 Å². The van der Waals surface area contributed by atoms with E-state index in [2.05, 4.69) is 10.3 Å². The average molecular weight is 299 g/mol. The van der Waals surface area contributed by atoms with Gasteiger partial charge in [0.15, 0.2) is 18.2 Å². The number of rotatable bonds is 3. The third-order valence-electron chi connectivity index (χ3n) is 3.09. The second kappa shape index (κ2) is 5.72. The van der Waals surface area contributed by atoms with Crippen molar-refractivity contribution in [2.75, 3.05) is 23.4 Å². The van der Waals surface area contributed by atoms with Crippen LogP contribution in [0.1, 0.15) is 0 Å². The Bertz CT molecular complexity index is 732. The van der Waals surface area contributed by atoms with Gasteiger partial charge in [0.1, 0.15) is 12.3 Å². The normalized spacial score (nSPS) is 13.3. The Morgan fingerprint density at radius 3 is 3.05 bits per heavy atom. The van der Waals surface area contributed by atoms with Crippen LogP contribution in [0.25, 0.3) is 0 Å². The van der Waals surface area contributed by atoms with Crippen LogP contribution < -0.4 is 15.0 Å². The minimum Gasteiger partial charge on any atom is -0.508 e. The van der Waals surface area contributed by atoms with Crippen LogP contribution in [0, 0.1) is 0 Å². The largest absolute Gasteiger partial charge is 0.508 e. The number of hydrogen-bond donors (Lipinski definition) is 2. The summed E-state index contributed by atoms with van der Waals surface area (Å²) in [6.07, 6.45) is 1.53. The summed E-state index contributed by atoms with van der Waals surface area (Å²) in [5.41, 5.74) is 0.451. The molecule has 0 spiro atoms. The number of carbonyl (C=O) groups is 2. The maximum absolute atomic E-state index is 12.1. The lowest BCUT2D eigenvalue weighted by Crippen LogP contribution is -2.43. The van der Waals surface area contributed by atoms with E-state index in [-0.39, 0.29) is 24.8 Å². The molecule has 7 heteroatoms. The van der Waals surface area contributed by atoms with Gasteiger partial charge in [-0.3, -0.25) is 14.5 Å². The second-order valence-corrected chi connectivity index (χ2v) is 4.69. The molecule has 0 aliphatic carbocycles. The maximum Gasteiger partial charge on any atom is 0.266 e. The van der Waals surface area contributed by atoms with Gasteiger partial charge in [-0.25, -0.2) is 4.98 Å². The number of aromatic nitrogens is 1. The number of anilines is 2. The Morgan fingerprint density at radius 2 is 2.23 bits per heavy atom. The number of benzene rings is 1. The number of aromatic hydroxyl groups is 1. The molecule has 1 aromatic carbocycles. The molecule has 2 aromatic rings. The smallest absolute Gasteiger partial charge is 0.266 e. The molecule has 0 fully saturated rings. The number of ether oxygens (including phenoxy) is 1. The van der Waals surface area contributed by atoms with E-state index < -0.39 is 5.91 Å². The van der Waals surface area contributed by atoms with Crippen molar-refractivity contribution in [3.63, 3.8) is 0 Å². The second-order valence-electron chi connectivity index (χ2n) is 4.69. The number of pyridine rings is 1. The first-order valence-corrected chi connectivity index (χ1v) is 6.60. The summed E-state index contributed by atoms with van der Waals surface area (Å²) < 4.78 is 5.26. The fourth-order valence-corrected chi connectivity index (χ4v) is 2.12. The molecule has 1 aromatic heterocycles. The zero-order valence-corrected chi connectivity index (χ0v) is 11.5. The van der Waals surface area contributed by atoms with Crippen molar-refractivity contribution in [1.29, 1.82) is 0 Å². The summed E-state index contributed by atoms with van der Waals surface area (Å²) in [5.74, 6) is 0.110. The standard InChI is InChI=1S/C15H13N3O4/c19-11-4-1-3-10(7-11)17-13(20)8-18-14(21)9-22-12-5-2-6-16-15(12)18/h1-7,19H,8-9H2,(H,17,20). The molecule has 112 valence electrons. The van der Waals surface area contributed by atoms with Gasteiger partial charge in [0.25, 0.3) is 5.91 Å². The SMILES string of the molecule is O=C(CN1C(=O)COc2cccnc21)Nc1cccc(O)c1. The highest BCUT2D eigenvalue weighted by molar-refractivity contribution is 6.04. The van der Waals surface area contributed by atoms with Gasteiger partial charge in [-0.1, -0.05) is 6.07 Å². The van der Waals surface area contributed by atoms with Crippen LogP contribution in [0.3, 0.4) is 0 Å². The monoisotopic (exact) mass is 299 g/mol. The number of nitrogens with one attached hydrogen (secondary N) is 1. The fraction of sp³-hybridized carbons (Fsp3) is 0.133. The van der Waals surface area contributed by atoms with Crippen LogP contribution in [-0.2, 0) is 9.59 Å². The minimum absolute atomic E-state index is 0.0484. The van der Waals surface area contributed by atoms with Crippen molar-refractivity contribution in [2.45, 2.75) is 0 Å². The van der Waals surface area contributed by atoms with Crippen molar-refractivity contribution in [2.24, 2.45) is 0 Å². The summed E-state index contributed by atoms with van der Waals surface area (Å²) in [7, 11) is 0. The quantitative estimate of drug-likeness (QED) is 0.887. The first kappa shape index (κ1) is 13.9. The molecule has 22 heavy (non-hydrogen) atoms. The van der Waals surface area contributed by atoms with Gasteiger partial charge >= 0.3 is 0 Å². The first-order chi connectivity index (χ1) is 10.6. The molecule has 1 aliphatic rings. The molecular formula is C15H13N3O4. The van der Waals surface area contributed by atoms with Crippen molar-refractivity contribution < 1.29 is 19.4 Å². The van der Waals surface area contributed by atoms with E-state index in [0.29, 0.717) is 17.3 Å². The van der Waals surface area contributed by atoms with Gasteiger partial charge < -0.3 is 15.2 Å². The maximum atomic E-state index is 12.1. The first-order valence-electron chi connectivity index (χ1n) is 6.60. The highest BCUT2D eigenvalue weighted by Gasteiger charge is 2.28. The number of phenolic OH excluding ortho intramolecular Hbond substituents is 1. The fourth-order valence-electron chi connectivity index (χ4n) is 2.12. The predicted octanol–water partition coefficient (Wildman–Crippen LogP) is 1.15. The Hall–Kier alpha value is -3.09. The van der Waals surface area contributed by atoms with Crippen molar-refractivity contribution >= 4 is 23.3 Å². The third-order valence-corrected chi connectivity index (χ3v) is 3.09. The highest BCUT2D eigenvalue weighted by atomic mass is 16.5. The zero-order valence-electron chi connectivity index (χ0n) is 11.5. The van der Waals surface area contributed by atoms with Crippen molar-refractivity contribution in [3.05, 3.63) is 42.6 Å². The van der Waals surface area contributed by atoms with E-state index in [4.69, 9.17) is 4.74 Å². The summed E-state index contributed by atoms with van der Waals surface area (Å²) in [5, 5.41) is 12.0. The number of carbonyl (C=O) groups excluding carboxylic acids is 2. The highest BCUT2D eigenvalue weighted by Crippen LogP contribution is 2.28. The van der Waals surface area contributed by atoms with E-state index in [0.717, 1.165) is 0 Å². The lowest BCUT2D eigenvalue weighted by molar-refractivity contribution is -0.123. The predicted molar refractivity (Wildman–Crippen MR) is 78.8 cm³/mol.